The summed E-state index contributed by atoms with van der Waals surface area (Å²) in [5, 5.41) is 9.65. The maximum atomic E-state index is 12.4. The molecule has 1 atom stereocenters. The summed E-state index contributed by atoms with van der Waals surface area (Å²) in [4.78, 5) is 24.3. The van der Waals surface area contributed by atoms with Crippen molar-refractivity contribution in [3.63, 3.8) is 0 Å². The molecule has 2 rings (SSSR count). The number of carbonyl (C=O) groups excluding carboxylic acids is 2. The summed E-state index contributed by atoms with van der Waals surface area (Å²) in [5.74, 6) is -0.343. The van der Waals surface area contributed by atoms with Crippen LogP contribution in [-0.4, -0.2) is 41.3 Å². The molecule has 128 valence electrons. The molecule has 0 radical (unpaired) electrons. The van der Waals surface area contributed by atoms with Gasteiger partial charge in [0.2, 0.25) is 5.91 Å². The largest absolute Gasteiger partial charge is 0.493 e. The first kappa shape index (κ1) is 17.5. The molecule has 0 spiro atoms. The van der Waals surface area contributed by atoms with Crippen LogP contribution in [0.25, 0.3) is 5.69 Å². The predicted octanol–water partition coefficient (Wildman–Crippen LogP) is 1.53. The summed E-state index contributed by atoms with van der Waals surface area (Å²) >= 11 is 0. The van der Waals surface area contributed by atoms with Crippen LogP contribution >= 0.6 is 0 Å². The van der Waals surface area contributed by atoms with Crippen LogP contribution in [0.2, 0.25) is 0 Å². The molecule has 2 amide bonds. The maximum absolute atomic E-state index is 12.4. The third-order valence-electron chi connectivity index (χ3n) is 3.43. The highest BCUT2D eigenvalue weighted by Crippen LogP contribution is 2.19. The summed E-state index contributed by atoms with van der Waals surface area (Å²) in [6, 6.07) is 8.74. The number of hydrogen-bond acceptors (Lipinski definition) is 4. The van der Waals surface area contributed by atoms with Crippen LogP contribution in [0.1, 0.15) is 30.8 Å². The number of ether oxygens (including phenoxy) is 1. The third kappa shape index (κ3) is 4.13. The number of hydrogen-bond donors (Lipinski definition) is 2. The third-order valence-corrected chi connectivity index (χ3v) is 3.43. The molecule has 0 aliphatic heterocycles. The molecule has 0 bridgehead atoms. The first-order valence-corrected chi connectivity index (χ1v) is 7.84. The summed E-state index contributed by atoms with van der Waals surface area (Å²) < 4.78 is 6.80. The molecular formula is C17H22N4O3. The topological polar surface area (TPSA) is 85.3 Å². The van der Waals surface area contributed by atoms with Gasteiger partial charge in [0.05, 0.1) is 19.0 Å². The lowest BCUT2D eigenvalue weighted by Crippen LogP contribution is -2.45. The van der Waals surface area contributed by atoms with Gasteiger partial charge in [-0.3, -0.25) is 9.59 Å². The molecular weight excluding hydrogens is 308 g/mol. The Morgan fingerprint density at radius 3 is 2.62 bits per heavy atom. The second-order valence-electron chi connectivity index (χ2n) is 5.31. The zero-order valence-electron chi connectivity index (χ0n) is 14.1. The van der Waals surface area contributed by atoms with Gasteiger partial charge in [-0.2, -0.15) is 5.10 Å². The lowest BCUT2D eigenvalue weighted by Gasteiger charge is -2.13. The Balaban J connectivity index is 2.14. The van der Waals surface area contributed by atoms with Crippen LogP contribution in [0.4, 0.5) is 0 Å². The fourth-order valence-corrected chi connectivity index (χ4v) is 2.11. The Morgan fingerprint density at radius 1 is 1.29 bits per heavy atom. The zero-order chi connectivity index (χ0) is 17.5. The molecule has 0 aliphatic rings. The molecule has 1 aromatic heterocycles. The second kappa shape index (κ2) is 8.14. The van der Waals surface area contributed by atoms with Crippen LogP contribution in [0.3, 0.4) is 0 Å². The summed E-state index contributed by atoms with van der Waals surface area (Å²) in [6.07, 6.45) is 2.47. The fraction of sp³-hybridized carbons (Fsp3) is 0.353. The molecule has 0 saturated carbocycles. The van der Waals surface area contributed by atoms with E-state index in [1.54, 1.807) is 17.8 Å². The Bertz CT molecular complexity index is 697. The molecule has 0 saturated heterocycles. The number of nitrogens with zero attached hydrogens (tertiary/aromatic N) is 2. The van der Waals surface area contributed by atoms with Crippen LogP contribution in [-0.2, 0) is 4.79 Å². The monoisotopic (exact) mass is 330 g/mol. The highest BCUT2D eigenvalue weighted by atomic mass is 16.5. The van der Waals surface area contributed by atoms with Gasteiger partial charge in [-0.15, -0.1) is 0 Å². The zero-order valence-corrected chi connectivity index (χ0v) is 14.1. The van der Waals surface area contributed by atoms with Gasteiger partial charge in [-0.1, -0.05) is 25.1 Å². The quantitative estimate of drug-likeness (QED) is 0.806. The Morgan fingerprint density at radius 2 is 2.00 bits per heavy atom. The number of rotatable bonds is 7. The SMILES string of the molecule is CCCNC(=O)C(C)NC(=O)c1nn(-c2ccccc2)cc1OC. The van der Waals surface area contributed by atoms with Crippen molar-refractivity contribution in [2.24, 2.45) is 0 Å². The van der Waals surface area contributed by atoms with Crippen LogP contribution in [0, 0.1) is 0 Å². The van der Waals surface area contributed by atoms with Crippen LogP contribution in [0.5, 0.6) is 5.75 Å². The molecule has 7 heteroatoms. The van der Waals surface area contributed by atoms with Crippen molar-refractivity contribution >= 4 is 11.8 Å². The van der Waals surface area contributed by atoms with E-state index in [0.717, 1.165) is 12.1 Å². The van der Waals surface area contributed by atoms with E-state index in [0.29, 0.717) is 12.3 Å². The van der Waals surface area contributed by atoms with Gasteiger partial charge in [-0.05, 0) is 25.5 Å². The first-order chi connectivity index (χ1) is 11.6. The number of benzene rings is 1. The molecule has 2 aromatic rings. The minimum atomic E-state index is -0.657. The molecule has 2 N–H and O–H groups in total. The normalized spacial score (nSPS) is 11.6. The average Bonchev–Trinajstić information content (AvgIpc) is 3.04. The van der Waals surface area contributed by atoms with Gasteiger partial charge in [-0.25, -0.2) is 4.68 Å². The fourth-order valence-electron chi connectivity index (χ4n) is 2.11. The molecule has 0 fully saturated rings. The van der Waals surface area contributed by atoms with Crippen molar-refractivity contribution in [3.05, 3.63) is 42.2 Å². The maximum Gasteiger partial charge on any atom is 0.276 e. The molecule has 1 unspecified atom stereocenters. The van der Waals surface area contributed by atoms with Gasteiger partial charge >= 0.3 is 0 Å². The van der Waals surface area contributed by atoms with E-state index in [1.807, 2.05) is 37.3 Å². The smallest absolute Gasteiger partial charge is 0.276 e. The van der Waals surface area contributed by atoms with E-state index in [9.17, 15) is 9.59 Å². The van der Waals surface area contributed by atoms with Crippen molar-refractivity contribution in [2.45, 2.75) is 26.3 Å². The van der Waals surface area contributed by atoms with E-state index in [1.165, 1.54) is 7.11 Å². The molecule has 7 nitrogen and oxygen atoms in total. The first-order valence-electron chi connectivity index (χ1n) is 7.84. The Labute approximate surface area is 141 Å². The lowest BCUT2D eigenvalue weighted by molar-refractivity contribution is -0.122. The van der Waals surface area contributed by atoms with Gasteiger partial charge < -0.3 is 15.4 Å². The van der Waals surface area contributed by atoms with Gasteiger partial charge in [0.15, 0.2) is 11.4 Å². The number of nitrogens with one attached hydrogen (secondary N) is 2. The number of para-hydroxylation sites is 1. The standard InChI is InChI=1S/C17H22N4O3/c1-4-10-18-16(22)12(2)19-17(23)15-14(24-3)11-21(20-15)13-8-6-5-7-9-13/h5-9,11-12H,4,10H2,1-3H3,(H,18,22)(H,19,23). The number of methoxy groups -OCH3 is 1. The van der Waals surface area contributed by atoms with Gasteiger partial charge in [0.25, 0.3) is 5.91 Å². The second-order valence-corrected chi connectivity index (χ2v) is 5.31. The van der Waals surface area contributed by atoms with Crippen molar-refractivity contribution in [1.82, 2.24) is 20.4 Å². The van der Waals surface area contributed by atoms with Crippen LogP contribution in [0.15, 0.2) is 36.5 Å². The highest BCUT2D eigenvalue weighted by Gasteiger charge is 2.22. The minimum Gasteiger partial charge on any atom is -0.493 e. The number of carbonyl (C=O) groups is 2. The molecule has 0 aliphatic carbocycles. The Hall–Kier alpha value is -2.83. The molecule has 1 heterocycles. The Kier molecular flexibility index (Phi) is 5.95. The highest BCUT2D eigenvalue weighted by molar-refractivity contribution is 5.98. The van der Waals surface area contributed by atoms with Crippen LogP contribution < -0.4 is 15.4 Å². The minimum absolute atomic E-state index is 0.136. The molecule has 24 heavy (non-hydrogen) atoms. The van der Waals surface area contributed by atoms with Gasteiger partial charge in [0.1, 0.15) is 6.04 Å². The predicted molar refractivity (Wildman–Crippen MR) is 90.3 cm³/mol. The van der Waals surface area contributed by atoms with Gasteiger partial charge in [0, 0.05) is 6.54 Å². The number of aromatic nitrogens is 2. The number of amides is 2. The van der Waals surface area contributed by atoms with E-state index in [2.05, 4.69) is 15.7 Å². The van der Waals surface area contributed by atoms with Crippen molar-refractivity contribution in [3.8, 4) is 11.4 Å². The van der Waals surface area contributed by atoms with Crippen molar-refractivity contribution < 1.29 is 14.3 Å². The lowest BCUT2D eigenvalue weighted by atomic mass is 10.2. The summed E-state index contributed by atoms with van der Waals surface area (Å²) in [7, 11) is 1.47. The van der Waals surface area contributed by atoms with E-state index < -0.39 is 11.9 Å². The molecule has 1 aromatic carbocycles. The average molecular weight is 330 g/mol. The summed E-state index contributed by atoms with van der Waals surface area (Å²) in [6.45, 7) is 4.17. The van der Waals surface area contributed by atoms with E-state index in [-0.39, 0.29) is 11.6 Å². The van der Waals surface area contributed by atoms with Crippen molar-refractivity contribution in [1.29, 1.82) is 0 Å². The van der Waals surface area contributed by atoms with E-state index >= 15 is 0 Å². The van der Waals surface area contributed by atoms with E-state index in [4.69, 9.17) is 4.74 Å². The summed E-state index contributed by atoms with van der Waals surface area (Å²) in [5.41, 5.74) is 0.945. The van der Waals surface area contributed by atoms with Crippen molar-refractivity contribution in [2.75, 3.05) is 13.7 Å².